The maximum absolute atomic E-state index is 11.1. The molecular weight excluding hydrogens is 306 g/mol. The van der Waals surface area contributed by atoms with Crippen molar-refractivity contribution in [2.75, 3.05) is 33.3 Å². The first kappa shape index (κ1) is 17.0. The average Bonchev–Trinajstić information content (AvgIpc) is 2.88. The topological polar surface area (TPSA) is 65.9 Å². The summed E-state index contributed by atoms with van der Waals surface area (Å²) in [5, 5.41) is 9.16. The molecular formula is C18H27N3O3. The standard InChI is InChI=1S/C18H27N3O3/c1-24-17-11-15(12-19-13-17)14-4-8-20(9-5-14)16-3-2-7-21(10-6-16)18(22)23/h11-14,16H,2-10H2,1H3,(H,22,23). The van der Waals surface area contributed by atoms with E-state index in [4.69, 9.17) is 9.84 Å². The van der Waals surface area contributed by atoms with Crippen LogP contribution in [0.2, 0.25) is 0 Å². The molecule has 1 aromatic heterocycles. The number of hydrogen-bond donors (Lipinski definition) is 1. The predicted molar refractivity (Wildman–Crippen MR) is 91.6 cm³/mol. The molecule has 1 N–H and O–H groups in total. The Morgan fingerprint density at radius 3 is 2.67 bits per heavy atom. The Morgan fingerprint density at radius 2 is 1.96 bits per heavy atom. The Labute approximate surface area is 143 Å². The van der Waals surface area contributed by atoms with Crippen LogP contribution in [0.15, 0.2) is 18.5 Å². The summed E-state index contributed by atoms with van der Waals surface area (Å²) in [6, 6.07) is 2.63. The molecule has 0 radical (unpaired) electrons. The van der Waals surface area contributed by atoms with Crippen molar-refractivity contribution in [2.24, 2.45) is 0 Å². The molecule has 2 aliphatic heterocycles. The third-order valence-corrected chi connectivity index (χ3v) is 5.46. The number of aromatic nitrogens is 1. The van der Waals surface area contributed by atoms with Crippen LogP contribution in [0.1, 0.15) is 43.6 Å². The Morgan fingerprint density at radius 1 is 1.17 bits per heavy atom. The number of nitrogens with zero attached hydrogens (tertiary/aromatic N) is 3. The Kier molecular flexibility index (Phi) is 5.56. The zero-order valence-electron chi connectivity index (χ0n) is 14.4. The maximum atomic E-state index is 11.1. The van der Waals surface area contributed by atoms with Crippen molar-refractivity contribution in [3.63, 3.8) is 0 Å². The van der Waals surface area contributed by atoms with Crippen LogP contribution >= 0.6 is 0 Å². The van der Waals surface area contributed by atoms with Gasteiger partial charge in [0, 0.05) is 25.3 Å². The number of amides is 1. The number of likely N-dealkylation sites (tertiary alicyclic amines) is 2. The van der Waals surface area contributed by atoms with Gasteiger partial charge in [0.2, 0.25) is 0 Å². The van der Waals surface area contributed by atoms with E-state index in [1.165, 1.54) is 5.56 Å². The van der Waals surface area contributed by atoms with Gasteiger partial charge in [0.25, 0.3) is 0 Å². The fourth-order valence-corrected chi connectivity index (χ4v) is 4.00. The van der Waals surface area contributed by atoms with Crippen LogP contribution in [0, 0.1) is 0 Å². The molecule has 1 amide bonds. The third-order valence-electron chi connectivity index (χ3n) is 5.46. The number of carboxylic acid groups (broad SMARTS) is 1. The minimum atomic E-state index is -0.778. The van der Waals surface area contributed by atoms with E-state index < -0.39 is 6.09 Å². The second-order valence-corrected chi connectivity index (χ2v) is 6.82. The van der Waals surface area contributed by atoms with Crippen LogP contribution in [-0.2, 0) is 0 Å². The Hall–Kier alpha value is -1.82. The molecule has 6 nitrogen and oxygen atoms in total. The van der Waals surface area contributed by atoms with Crippen molar-refractivity contribution in [3.05, 3.63) is 24.0 Å². The number of hydrogen-bond acceptors (Lipinski definition) is 4. The SMILES string of the molecule is COc1cncc(C2CCN(C3CCCN(C(=O)O)CC3)CC2)c1. The summed E-state index contributed by atoms with van der Waals surface area (Å²) in [5.41, 5.74) is 1.27. The highest BCUT2D eigenvalue weighted by atomic mass is 16.5. The molecule has 1 aromatic rings. The van der Waals surface area contributed by atoms with E-state index in [9.17, 15) is 4.79 Å². The number of ether oxygens (including phenoxy) is 1. The lowest BCUT2D eigenvalue weighted by Gasteiger charge is -2.37. The molecule has 24 heavy (non-hydrogen) atoms. The van der Waals surface area contributed by atoms with Crippen LogP contribution < -0.4 is 4.74 Å². The molecule has 132 valence electrons. The lowest BCUT2D eigenvalue weighted by Crippen LogP contribution is -2.41. The van der Waals surface area contributed by atoms with E-state index >= 15 is 0 Å². The summed E-state index contributed by atoms with van der Waals surface area (Å²) in [6.07, 6.45) is 8.23. The highest BCUT2D eigenvalue weighted by molar-refractivity contribution is 5.64. The number of piperidine rings is 1. The van der Waals surface area contributed by atoms with Gasteiger partial charge in [-0.2, -0.15) is 0 Å². The molecule has 1 unspecified atom stereocenters. The molecule has 0 bridgehead atoms. The van der Waals surface area contributed by atoms with E-state index in [-0.39, 0.29) is 0 Å². The van der Waals surface area contributed by atoms with Gasteiger partial charge in [-0.15, -0.1) is 0 Å². The van der Waals surface area contributed by atoms with Gasteiger partial charge in [0.1, 0.15) is 5.75 Å². The van der Waals surface area contributed by atoms with Gasteiger partial charge in [-0.3, -0.25) is 4.98 Å². The molecule has 0 aliphatic carbocycles. The first-order valence-electron chi connectivity index (χ1n) is 8.88. The van der Waals surface area contributed by atoms with Gasteiger partial charge in [-0.05, 0) is 62.7 Å². The second kappa shape index (κ2) is 7.83. The van der Waals surface area contributed by atoms with E-state index in [0.29, 0.717) is 25.0 Å². The van der Waals surface area contributed by atoms with Crippen LogP contribution in [0.4, 0.5) is 4.79 Å². The average molecular weight is 333 g/mol. The third kappa shape index (κ3) is 3.98. The molecule has 2 fully saturated rings. The van der Waals surface area contributed by atoms with Crippen LogP contribution in [0.3, 0.4) is 0 Å². The monoisotopic (exact) mass is 333 g/mol. The molecule has 2 aliphatic rings. The summed E-state index contributed by atoms with van der Waals surface area (Å²) in [7, 11) is 1.68. The van der Waals surface area contributed by atoms with Crippen molar-refractivity contribution < 1.29 is 14.6 Å². The van der Waals surface area contributed by atoms with Crippen molar-refractivity contribution >= 4 is 6.09 Å². The van der Waals surface area contributed by atoms with E-state index in [1.54, 1.807) is 18.2 Å². The van der Waals surface area contributed by atoms with Gasteiger partial charge in [0.15, 0.2) is 0 Å². The number of rotatable bonds is 3. The lowest BCUT2D eigenvalue weighted by molar-refractivity contribution is 0.131. The zero-order chi connectivity index (χ0) is 16.9. The first-order valence-corrected chi connectivity index (χ1v) is 8.88. The predicted octanol–water partition coefficient (Wildman–Crippen LogP) is 2.80. The van der Waals surface area contributed by atoms with Gasteiger partial charge in [0.05, 0.1) is 13.3 Å². The Balaban J connectivity index is 1.54. The van der Waals surface area contributed by atoms with Gasteiger partial charge >= 0.3 is 6.09 Å². The molecule has 0 spiro atoms. The van der Waals surface area contributed by atoms with Crippen molar-refractivity contribution in [2.45, 2.75) is 44.1 Å². The highest BCUT2D eigenvalue weighted by Crippen LogP contribution is 2.31. The van der Waals surface area contributed by atoms with E-state index in [2.05, 4.69) is 16.0 Å². The maximum Gasteiger partial charge on any atom is 0.407 e. The normalized spacial score (nSPS) is 23.7. The van der Waals surface area contributed by atoms with Crippen LogP contribution in [-0.4, -0.2) is 65.3 Å². The van der Waals surface area contributed by atoms with Gasteiger partial charge in [-0.1, -0.05) is 0 Å². The fourth-order valence-electron chi connectivity index (χ4n) is 4.00. The highest BCUT2D eigenvalue weighted by Gasteiger charge is 2.28. The minimum absolute atomic E-state index is 0.527. The minimum Gasteiger partial charge on any atom is -0.495 e. The number of pyridine rings is 1. The fraction of sp³-hybridized carbons (Fsp3) is 0.667. The van der Waals surface area contributed by atoms with E-state index in [1.807, 2.05) is 6.20 Å². The molecule has 3 rings (SSSR count). The molecule has 0 aromatic carbocycles. The van der Waals surface area contributed by atoms with Crippen molar-refractivity contribution in [1.29, 1.82) is 0 Å². The molecule has 1 atom stereocenters. The van der Waals surface area contributed by atoms with Crippen molar-refractivity contribution in [1.82, 2.24) is 14.8 Å². The smallest absolute Gasteiger partial charge is 0.407 e. The molecule has 0 saturated carbocycles. The number of methoxy groups -OCH3 is 1. The lowest BCUT2D eigenvalue weighted by atomic mass is 9.89. The summed E-state index contributed by atoms with van der Waals surface area (Å²) in [5.74, 6) is 1.37. The molecule has 3 heterocycles. The zero-order valence-corrected chi connectivity index (χ0v) is 14.4. The summed E-state index contributed by atoms with van der Waals surface area (Å²) < 4.78 is 5.28. The van der Waals surface area contributed by atoms with Crippen molar-refractivity contribution in [3.8, 4) is 5.75 Å². The van der Waals surface area contributed by atoms with Gasteiger partial charge < -0.3 is 19.6 Å². The summed E-state index contributed by atoms with van der Waals surface area (Å²) >= 11 is 0. The van der Waals surface area contributed by atoms with E-state index in [0.717, 1.165) is 50.9 Å². The summed E-state index contributed by atoms with van der Waals surface area (Å²) in [6.45, 7) is 3.51. The number of carbonyl (C=O) groups is 1. The molecule has 2 saturated heterocycles. The van der Waals surface area contributed by atoms with Crippen LogP contribution in [0.5, 0.6) is 5.75 Å². The quantitative estimate of drug-likeness (QED) is 0.921. The summed E-state index contributed by atoms with van der Waals surface area (Å²) in [4.78, 5) is 19.5. The second-order valence-electron chi connectivity index (χ2n) is 6.82. The Bertz CT molecular complexity index is 558. The van der Waals surface area contributed by atoms with Gasteiger partial charge in [-0.25, -0.2) is 4.79 Å². The van der Waals surface area contributed by atoms with Crippen LogP contribution in [0.25, 0.3) is 0 Å². The first-order chi connectivity index (χ1) is 11.7. The molecule has 6 heteroatoms. The largest absolute Gasteiger partial charge is 0.495 e.